The maximum absolute atomic E-state index is 12.8. The van der Waals surface area contributed by atoms with Crippen molar-refractivity contribution >= 4 is 39.0 Å². The van der Waals surface area contributed by atoms with E-state index in [9.17, 15) is 8.42 Å². The first-order chi connectivity index (χ1) is 11.7. The molecule has 7 heteroatoms. The number of nitrogens with one attached hydrogen (secondary N) is 1. The van der Waals surface area contributed by atoms with E-state index in [1.807, 2.05) is 24.3 Å². The molecule has 0 unspecified atom stereocenters. The summed E-state index contributed by atoms with van der Waals surface area (Å²) in [6.45, 7) is 3.88. The number of nitrogens with zero attached hydrogens (tertiary/aromatic N) is 2. The van der Waals surface area contributed by atoms with Gasteiger partial charge < -0.3 is 10.2 Å². The van der Waals surface area contributed by atoms with Crippen LogP contribution >= 0.6 is 12.4 Å². The molecule has 0 saturated carbocycles. The minimum Gasteiger partial charge on any atom is -0.369 e. The van der Waals surface area contributed by atoms with Crippen molar-refractivity contribution in [1.29, 1.82) is 0 Å². The monoisotopic (exact) mass is 377 g/mol. The molecule has 2 aromatic carbocycles. The summed E-state index contributed by atoms with van der Waals surface area (Å²) < 4.78 is 27.0. The highest BCUT2D eigenvalue weighted by Crippen LogP contribution is 2.26. The van der Waals surface area contributed by atoms with Crippen LogP contribution in [0, 0.1) is 0 Å². The number of benzene rings is 2. The van der Waals surface area contributed by atoms with Gasteiger partial charge in [0.2, 0.25) is 0 Å². The van der Waals surface area contributed by atoms with E-state index in [0.29, 0.717) is 10.4 Å². The second kappa shape index (κ2) is 7.07. The third-order valence-electron chi connectivity index (χ3n) is 4.42. The number of fused-ring (bicyclic) bond motifs is 1. The van der Waals surface area contributed by atoms with Gasteiger partial charge in [0.05, 0.1) is 10.4 Å². The number of piperazine rings is 1. The molecule has 1 saturated heterocycles. The zero-order valence-corrected chi connectivity index (χ0v) is 15.3. The average Bonchev–Trinajstić information content (AvgIpc) is 3.07. The number of hydrogen-bond donors (Lipinski definition) is 1. The second-order valence-electron chi connectivity index (χ2n) is 5.91. The van der Waals surface area contributed by atoms with E-state index in [2.05, 4.69) is 16.3 Å². The Morgan fingerprint density at radius 2 is 1.64 bits per heavy atom. The predicted molar refractivity (Wildman–Crippen MR) is 103 cm³/mol. The molecule has 1 aliphatic rings. The Kier molecular flexibility index (Phi) is 5.03. The molecule has 0 spiro atoms. The standard InChI is InChI=1S/C18H19N3O2S.ClH/c22-24(23,17-4-2-1-3-5-17)21-11-8-15-14-16(6-7-18(15)21)20-12-9-19-10-13-20;/h1-8,11,14,19H,9-10,12-13H2;1H. The maximum atomic E-state index is 12.8. The predicted octanol–water partition coefficient (Wildman–Crippen LogP) is 2.71. The molecule has 4 rings (SSSR count). The molecule has 0 bridgehead atoms. The molecule has 0 radical (unpaired) electrons. The van der Waals surface area contributed by atoms with Crippen LogP contribution in [0.1, 0.15) is 0 Å². The summed E-state index contributed by atoms with van der Waals surface area (Å²) in [5.74, 6) is 0. The van der Waals surface area contributed by atoms with Crippen molar-refractivity contribution in [3.8, 4) is 0 Å². The number of halogens is 1. The molecule has 0 amide bonds. The Labute approximate surface area is 153 Å². The minimum absolute atomic E-state index is 0. The summed E-state index contributed by atoms with van der Waals surface area (Å²) in [4.78, 5) is 2.62. The molecule has 1 aliphatic heterocycles. The molecule has 2 heterocycles. The molecule has 5 nitrogen and oxygen atoms in total. The molecule has 25 heavy (non-hydrogen) atoms. The highest BCUT2D eigenvalue weighted by molar-refractivity contribution is 7.90. The Morgan fingerprint density at radius 1 is 0.920 bits per heavy atom. The Balaban J connectivity index is 0.00000182. The fraction of sp³-hybridized carbons (Fsp3) is 0.222. The fourth-order valence-corrected chi connectivity index (χ4v) is 4.51. The van der Waals surface area contributed by atoms with Gasteiger partial charge in [-0.1, -0.05) is 18.2 Å². The van der Waals surface area contributed by atoms with Gasteiger partial charge in [0.25, 0.3) is 10.0 Å². The Hall–Kier alpha value is -2.02. The highest BCUT2D eigenvalue weighted by atomic mass is 35.5. The average molecular weight is 378 g/mol. The quantitative estimate of drug-likeness (QED) is 0.762. The summed E-state index contributed by atoms with van der Waals surface area (Å²) in [6.07, 6.45) is 1.63. The van der Waals surface area contributed by atoms with Gasteiger partial charge in [-0.3, -0.25) is 0 Å². The lowest BCUT2D eigenvalue weighted by atomic mass is 10.2. The van der Waals surface area contributed by atoms with Crippen LogP contribution in [-0.2, 0) is 10.0 Å². The number of aromatic nitrogens is 1. The van der Waals surface area contributed by atoms with Crippen molar-refractivity contribution < 1.29 is 8.42 Å². The third-order valence-corrected chi connectivity index (χ3v) is 6.12. The van der Waals surface area contributed by atoms with Gasteiger partial charge in [0.15, 0.2) is 0 Å². The molecule has 1 aromatic heterocycles. The van der Waals surface area contributed by atoms with E-state index in [1.165, 1.54) is 3.97 Å². The number of hydrogen-bond acceptors (Lipinski definition) is 4. The first-order valence-electron chi connectivity index (χ1n) is 8.04. The van der Waals surface area contributed by atoms with E-state index in [1.54, 1.807) is 30.5 Å². The van der Waals surface area contributed by atoms with E-state index in [4.69, 9.17) is 0 Å². The largest absolute Gasteiger partial charge is 0.369 e. The lowest BCUT2D eigenvalue weighted by molar-refractivity contribution is 0.589. The van der Waals surface area contributed by atoms with Crippen molar-refractivity contribution in [3.63, 3.8) is 0 Å². The van der Waals surface area contributed by atoms with E-state index in [0.717, 1.165) is 37.3 Å². The van der Waals surface area contributed by atoms with E-state index >= 15 is 0 Å². The normalized spacial score (nSPS) is 15.1. The van der Waals surface area contributed by atoms with Crippen LogP contribution in [0.2, 0.25) is 0 Å². The Morgan fingerprint density at radius 3 is 2.36 bits per heavy atom. The summed E-state index contributed by atoms with van der Waals surface area (Å²) >= 11 is 0. The number of anilines is 1. The molecule has 3 aromatic rings. The summed E-state index contributed by atoms with van der Waals surface area (Å²) in [5.41, 5.74) is 1.84. The third kappa shape index (κ3) is 3.25. The van der Waals surface area contributed by atoms with Crippen molar-refractivity contribution in [2.75, 3.05) is 31.1 Å². The van der Waals surface area contributed by atoms with Gasteiger partial charge in [0.1, 0.15) is 0 Å². The molecular weight excluding hydrogens is 358 g/mol. The summed E-state index contributed by atoms with van der Waals surface area (Å²) in [7, 11) is -3.57. The van der Waals surface area contributed by atoms with Gasteiger partial charge in [0, 0.05) is 43.4 Å². The molecule has 1 N–H and O–H groups in total. The van der Waals surface area contributed by atoms with Crippen molar-refractivity contribution in [1.82, 2.24) is 9.29 Å². The smallest absolute Gasteiger partial charge is 0.268 e. The SMILES string of the molecule is Cl.O=S(=O)(c1ccccc1)n1ccc2cc(N3CCNCC3)ccc21. The van der Waals surface area contributed by atoms with E-state index < -0.39 is 10.0 Å². The lowest BCUT2D eigenvalue weighted by Crippen LogP contribution is -2.43. The van der Waals surface area contributed by atoms with Crippen molar-refractivity contribution in [3.05, 3.63) is 60.8 Å². The van der Waals surface area contributed by atoms with Gasteiger partial charge in [-0.15, -0.1) is 12.4 Å². The second-order valence-corrected chi connectivity index (χ2v) is 7.72. The molecule has 1 fully saturated rings. The van der Waals surface area contributed by atoms with Crippen molar-refractivity contribution in [2.24, 2.45) is 0 Å². The minimum atomic E-state index is -3.57. The van der Waals surface area contributed by atoms with E-state index in [-0.39, 0.29) is 12.4 Å². The van der Waals surface area contributed by atoms with Crippen LogP contribution in [0.15, 0.2) is 65.7 Å². The van der Waals surface area contributed by atoms with Gasteiger partial charge >= 0.3 is 0 Å². The van der Waals surface area contributed by atoms with Crippen LogP contribution < -0.4 is 10.2 Å². The molecular formula is C18H20ClN3O2S. The van der Waals surface area contributed by atoms with Gasteiger partial charge in [-0.25, -0.2) is 12.4 Å². The van der Waals surface area contributed by atoms with Crippen molar-refractivity contribution in [2.45, 2.75) is 4.90 Å². The van der Waals surface area contributed by atoms with Gasteiger partial charge in [-0.2, -0.15) is 0 Å². The van der Waals surface area contributed by atoms with Crippen LogP contribution in [0.5, 0.6) is 0 Å². The van der Waals surface area contributed by atoms with Crippen LogP contribution in [-0.4, -0.2) is 38.6 Å². The summed E-state index contributed by atoms with van der Waals surface area (Å²) in [5, 5.41) is 4.27. The first kappa shape index (κ1) is 17.8. The van der Waals surface area contributed by atoms with Crippen LogP contribution in [0.25, 0.3) is 10.9 Å². The zero-order chi connectivity index (χ0) is 16.6. The summed E-state index contributed by atoms with van der Waals surface area (Å²) in [6, 6.07) is 16.4. The first-order valence-corrected chi connectivity index (χ1v) is 9.48. The molecule has 132 valence electrons. The molecule has 0 aliphatic carbocycles. The number of rotatable bonds is 3. The highest BCUT2D eigenvalue weighted by Gasteiger charge is 2.19. The van der Waals surface area contributed by atoms with Crippen LogP contribution in [0.4, 0.5) is 5.69 Å². The fourth-order valence-electron chi connectivity index (χ4n) is 3.14. The Bertz CT molecular complexity index is 964. The molecule has 0 atom stereocenters. The topological polar surface area (TPSA) is 54.3 Å². The van der Waals surface area contributed by atoms with Crippen LogP contribution in [0.3, 0.4) is 0 Å². The maximum Gasteiger partial charge on any atom is 0.268 e. The van der Waals surface area contributed by atoms with Gasteiger partial charge in [-0.05, 0) is 36.4 Å². The lowest BCUT2D eigenvalue weighted by Gasteiger charge is -2.29. The zero-order valence-electron chi connectivity index (χ0n) is 13.6.